The average Bonchev–Trinajstić information content (AvgIpc) is 2.60. The van der Waals surface area contributed by atoms with E-state index in [1.165, 1.54) is 6.20 Å². The van der Waals surface area contributed by atoms with Crippen molar-refractivity contribution < 1.29 is 9.53 Å². The minimum Gasteiger partial charge on any atom is -0.388 e. The van der Waals surface area contributed by atoms with E-state index < -0.39 is 5.91 Å². The van der Waals surface area contributed by atoms with E-state index in [1.807, 2.05) is 6.07 Å². The lowest BCUT2D eigenvalue weighted by Gasteiger charge is -2.26. The highest BCUT2D eigenvalue weighted by Gasteiger charge is 2.13. The Hall–Kier alpha value is -1.78. The first-order chi connectivity index (χ1) is 11.6. The van der Waals surface area contributed by atoms with Crippen LogP contribution in [0.15, 0.2) is 30.0 Å². The molecule has 2 N–H and O–H groups in total. The van der Waals surface area contributed by atoms with Gasteiger partial charge in [0.25, 0.3) is 5.91 Å². The van der Waals surface area contributed by atoms with Crippen LogP contribution in [0, 0.1) is 11.3 Å². The maximum atomic E-state index is 12.1. The Morgan fingerprint density at radius 1 is 1.38 bits per heavy atom. The number of morpholine rings is 1. The first-order valence-corrected chi connectivity index (χ1v) is 8.26. The fraction of sp³-hybridized carbons (Fsp3) is 0.375. The molecule has 0 bridgehead atoms. The lowest BCUT2D eigenvalue weighted by Crippen LogP contribution is -2.39. The SMILES string of the molecule is N#C/C(=C/NCCN1CCOCC1)C(=O)Nc1cccc(Cl)c1Cl. The summed E-state index contributed by atoms with van der Waals surface area (Å²) in [7, 11) is 0. The molecule has 1 aromatic rings. The Labute approximate surface area is 151 Å². The van der Waals surface area contributed by atoms with Crippen molar-refractivity contribution in [1.82, 2.24) is 10.2 Å². The number of nitrogens with one attached hydrogen (secondary N) is 2. The number of carbonyl (C=O) groups is 1. The third-order valence-corrected chi connectivity index (χ3v) is 4.31. The summed E-state index contributed by atoms with van der Waals surface area (Å²) < 4.78 is 5.28. The molecule has 128 valence electrons. The van der Waals surface area contributed by atoms with Gasteiger partial charge >= 0.3 is 0 Å². The van der Waals surface area contributed by atoms with Gasteiger partial charge in [-0.05, 0) is 12.1 Å². The van der Waals surface area contributed by atoms with Crippen LogP contribution >= 0.6 is 23.2 Å². The molecule has 0 spiro atoms. The van der Waals surface area contributed by atoms with Gasteiger partial charge in [0.2, 0.25) is 0 Å². The fourth-order valence-electron chi connectivity index (χ4n) is 2.16. The third-order valence-electron chi connectivity index (χ3n) is 3.49. The highest BCUT2D eigenvalue weighted by Crippen LogP contribution is 2.29. The minimum absolute atomic E-state index is 0.0342. The molecule has 0 radical (unpaired) electrons. The number of hydrogen-bond donors (Lipinski definition) is 2. The number of carbonyl (C=O) groups excluding carboxylic acids is 1. The number of nitrogens with zero attached hydrogens (tertiary/aromatic N) is 2. The average molecular weight is 369 g/mol. The van der Waals surface area contributed by atoms with E-state index in [-0.39, 0.29) is 10.6 Å². The monoisotopic (exact) mass is 368 g/mol. The maximum Gasteiger partial charge on any atom is 0.267 e. The van der Waals surface area contributed by atoms with Gasteiger partial charge in [-0.3, -0.25) is 9.69 Å². The van der Waals surface area contributed by atoms with Crippen LogP contribution in [-0.4, -0.2) is 50.2 Å². The molecule has 0 aliphatic carbocycles. The lowest BCUT2D eigenvalue weighted by atomic mass is 10.2. The van der Waals surface area contributed by atoms with Crippen LogP contribution in [0.2, 0.25) is 10.0 Å². The van der Waals surface area contributed by atoms with Crippen LogP contribution in [0.1, 0.15) is 0 Å². The Morgan fingerprint density at radius 2 is 2.12 bits per heavy atom. The number of anilines is 1. The molecule has 8 heteroatoms. The Balaban J connectivity index is 1.86. The Bertz CT molecular complexity index is 652. The highest BCUT2D eigenvalue weighted by atomic mass is 35.5. The van der Waals surface area contributed by atoms with Crippen molar-refractivity contribution in [3.8, 4) is 6.07 Å². The van der Waals surface area contributed by atoms with E-state index in [2.05, 4.69) is 15.5 Å². The summed E-state index contributed by atoms with van der Waals surface area (Å²) in [6, 6.07) is 6.78. The molecule has 0 aromatic heterocycles. The first kappa shape index (κ1) is 18.6. The Morgan fingerprint density at radius 3 is 2.83 bits per heavy atom. The maximum absolute atomic E-state index is 12.1. The van der Waals surface area contributed by atoms with Gasteiger partial charge in [0, 0.05) is 32.4 Å². The summed E-state index contributed by atoms with van der Waals surface area (Å²) >= 11 is 11.9. The van der Waals surface area contributed by atoms with E-state index in [0.717, 1.165) is 32.8 Å². The summed E-state index contributed by atoms with van der Waals surface area (Å²) in [6.45, 7) is 4.72. The molecule has 1 saturated heterocycles. The lowest BCUT2D eigenvalue weighted by molar-refractivity contribution is -0.112. The van der Waals surface area contributed by atoms with E-state index in [4.69, 9.17) is 33.2 Å². The van der Waals surface area contributed by atoms with Gasteiger partial charge in [-0.15, -0.1) is 0 Å². The summed E-state index contributed by atoms with van der Waals surface area (Å²) in [5.41, 5.74) is 0.330. The van der Waals surface area contributed by atoms with Gasteiger partial charge in [0.05, 0.1) is 28.9 Å². The van der Waals surface area contributed by atoms with Crippen LogP contribution in [-0.2, 0) is 9.53 Å². The number of rotatable bonds is 6. The molecule has 6 nitrogen and oxygen atoms in total. The zero-order valence-electron chi connectivity index (χ0n) is 13.0. The molecule has 0 saturated carbocycles. The number of ether oxygens (including phenoxy) is 1. The molecule has 1 fully saturated rings. The predicted octanol–water partition coefficient (Wildman–Crippen LogP) is 2.26. The highest BCUT2D eigenvalue weighted by molar-refractivity contribution is 6.44. The van der Waals surface area contributed by atoms with Crippen molar-refractivity contribution in [3.63, 3.8) is 0 Å². The van der Waals surface area contributed by atoms with E-state index >= 15 is 0 Å². The topological polar surface area (TPSA) is 77.4 Å². The fourth-order valence-corrected chi connectivity index (χ4v) is 2.51. The van der Waals surface area contributed by atoms with Gasteiger partial charge in [-0.2, -0.15) is 5.26 Å². The van der Waals surface area contributed by atoms with Crippen molar-refractivity contribution >= 4 is 34.8 Å². The second-order valence-corrected chi connectivity index (χ2v) is 5.92. The molecule has 0 unspecified atom stereocenters. The summed E-state index contributed by atoms with van der Waals surface area (Å²) in [6.07, 6.45) is 1.41. The van der Waals surface area contributed by atoms with Gasteiger partial charge in [-0.1, -0.05) is 29.3 Å². The largest absolute Gasteiger partial charge is 0.388 e. The van der Waals surface area contributed by atoms with Crippen LogP contribution in [0.4, 0.5) is 5.69 Å². The number of nitriles is 1. The number of halogens is 2. The molecule has 1 heterocycles. The quantitative estimate of drug-likeness (QED) is 0.457. The summed E-state index contributed by atoms with van der Waals surface area (Å²) in [4.78, 5) is 14.4. The molecule has 0 atom stereocenters. The van der Waals surface area contributed by atoms with Gasteiger partial charge in [-0.25, -0.2) is 0 Å². The van der Waals surface area contributed by atoms with Crippen LogP contribution in [0.3, 0.4) is 0 Å². The molecule has 1 aromatic carbocycles. The van der Waals surface area contributed by atoms with Gasteiger partial charge in [0.1, 0.15) is 11.6 Å². The normalized spacial score (nSPS) is 15.6. The van der Waals surface area contributed by atoms with E-state index in [0.29, 0.717) is 17.3 Å². The van der Waals surface area contributed by atoms with E-state index in [9.17, 15) is 4.79 Å². The van der Waals surface area contributed by atoms with Crippen LogP contribution < -0.4 is 10.6 Å². The molecule has 1 amide bonds. The predicted molar refractivity (Wildman–Crippen MR) is 94.0 cm³/mol. The number of benzene rings is 1. The molecule has 1 aliphatic rings. The van der Waals surface area contributed by atoms with Crippen molar-refractivity contribution in [2.24, 2.45) is 0 Å². The van der Waals surface area contributed by atoms with Gasteiger partial charge in [0.15, 0.2) is 0 Å². The van der Waals surface area contributed by atoms with Crippen molar-refractivity contribution in [1.29, 1.82) is 5.26 Å². The van der Waals surface area contributed by atoms with E-state index in [1.54, 1.807) is 18.2 Å². The number of amides is 1. The van der Waals surface area contributed by atoms with Gasteiger partial charge < -0.3 is 15.4 Å². The van der Waals surface area contributed by atoms with Crippen molar-refractivity contribution in [2.45, 2.75) is 0 Å². The molecule has 24 heavy (non-hydrogen) atoms. The molecule has 1 aliphatic heterocycles. The number of hydrogen-bond acceptors (Lipinski definition) is 5. The second kappa shape index (κ2) is 9.50. The Kier molecular flexibility index (Phi) is 7.35. The van der Waals surface area contributed by atoms with Crippen molar-refractivity contribution in [3.05, 3.63) is 40.0 Å². The third kappa shape index (κ3) is 5.39. The summed E-state index contributed by atoms with van der Waals surface area (Å²) in [5.74, 6) is -0.541. The zero-order valence-corrected chi connectivity index (χ0v) is 14.5. The molecular weight excluding hydrogens is 351 g/mol. The molecule has 2 rings (SSSR count). The minimum atomic E-state index is -0.541. The van der Waals surface area contributed by atoms with Crippen LogP contribution in [0.5, 0.6) is 0 Å². The summed E-state index contributed by atoms with van der Waals surface area (Å²) in [5, 5.41) is 15.3. The second-order valence-electron chi connectivity index (χ2n) is 5.13. The van der Waals surface area contributed by atoms with Crippen LogP contribution in [0.25, 0.3) is 0 Å². The zero-order chi connectivity index (χ0) is 17.4. The standard InChI is InChI=1S/C16H18Cl2N4O2/c17-13-2-1-3-14(15(13)18)21-16(23)12(10-19)11-20-4-5-22-6-8-24-9-7-22/h1-3,11,20H,4-9H2,(H,21,23)/b12-11-. The first-order valence-electron chi connectivity index (χ1n) is 7.51. The smallest absolute Gasteiger partial charge is 0.267 e. The molecular formula is C16H18Cl2N4O2. The van der Waals surface area contributed by atoms with Crippen molar-refractivity contribution in [2.75, 3.05) is 44.7 Å².